The van der Waals surface area contributed by atoms with Crippen LogP contribution in [0.5, 0.6) is 0 Å². The number of rotatable bonds is 4. The Labute approximate surface area is 132 Å². The molecule has 114 valence electrons. The van der Waals surface area contributed by atoms with E-state index in [2.05, 4.69) is 21.2 Å². The minimum absolute atomic E-state index is 0.142. The van der Waals surface area contributed by atoms with Crippen molar-refractivity contribution in [3.8, 4) is 0 Å². The van der Waals surface area contributed by atoms with E-state index in [0.29, 0.717) is 25.3 Å². The van der Waals surface area contributed by atoms with Crippen molar-refractivity contribution in [2.45, 2.75) is 19.4 Å². The van der Waals surface area contributed by atoms with Crippen molar-refractivity contribution < 1.29 is 14.3 Å². The van der Waals surface area contributed by atoms with E-state index >= 15 is 0 Å². The van der Waals surface area contributed by atoms with E-state index in [1.807, 2.05) is 19.1 Å². The number of hydrogen-bond acceptors (Lipinski definition) is 3. The molecule has 0 aliphatic carbocycles. The summed E-state index contributed by atoms with van der Waals surface area (Å²) in [5.41, 5.74) is 0.569. The molecule has 0 spiro atoms. The second-order valence-electron chi connectivity index (χ2n) is 4.89. The van der Waals surface area contributed by atoms with Crippen molar-refractivity contribution in [2.75, 3.05) is 26.3 Å². The number of nitrogens with one attached hydrogen (secondary N) is 1. The molecule has 1 unspecified atom stereocenters. The van der Waals surface area contributed by atoms with Gasteiger partial charge in [-0.05, 0) is 24.6 Å². The maximum atomic E-state index is 12.6. The average molecular weight is 355 g/mol. The fourth-order valence-corrected chi connectivity index (χ4v) is 2.62. The number of morpholine rings is 1. The zero-order chi connectivity index (χ0) is 15.2. The van der Waals surface area contributed by atoms with Gasteiger partial charge in [-0.3, -0.25) is 9.59 Å². The first-order valence-electron chi connectivity index (χ1n) is 7.05. The number of halogens is 1. The Bertz CT molecular complexity index is 521. The smallest absolute Gasteiger partial charge is 0.254 e. The summed E-state index contributed by atoms with van der Waals surface area (Å²) >= 11 is 3.36. The van der Waals surface area contributed by atoms with E-state index in [4.69, 9.17) is 4.74 Å². The van der Waals surface area contributed by atoms with Gasteiger partial charge in [-0.2, -0.15) is 0 Å². The van der Waals surface area contributed by atoms with Crippen LogP contribution >= 0.6 is 15.9 Å². The van der Waals surface area contributed by atoms with Crippen molar-refractivity contribution >= 4 is 27.7 Å². The number of hydrogen-bond donors (Lipinski definition) is 1. The molecule has 1 saturated heterocycles. The van der Waals surface area contributed by atoms with Gasteiger partial charge in [0.15, 0.2) is 0 Å². The van der Waals surface area contributed by atoms with Gasteiger partial charge < -0.3 is 15.0 Å². The Balaban J connectivity index is 2.14. The molecule has 5 nitrogen and oxygen atoms in total. The zero-order valence-electron chi connectivity index (χ0n) is 12.0. The third-order valence-corrected chi connectivity index (χ3v) is 3.81. The van der Waals surface area contributed by atoms with Gasteiger partial charge in [0.05, 0.1) is 13.2 Å². The molecule has 1 fully saturated rings. The molecular weight excluding hydrogens is 336 g/mol. The number of nitrogens with zero attached hydrogens (tertiary/aromatic N) is 1. The number of ether oxygens (including phenoxy) is 1. The Kier molecular flexibility index (Phi) is 5.76. The highest BCUT2D eigenvalue weighted by molar-refractivity contribution is 9.10. The first-order valence-corrected chi connectivity index (χ1v) is 7.84. The normalized spacial score (nSPS) is 18.4. The standard InChI is InChI=1S/C15H19BrN2O3/c1-2-6-17-14(19)13-10-21-8-7-18(13)15(20)11-4-3-5-12(16)9-11/h3-5,9,13H,2,6-8,10H2,1H3,(H,17,19). The van der Waals surface area contributed by atoms with Gasteiger partial charge in [-0.1, -0.05) is 28.9 Å². The van der Waals surface area contributed by atoms with Crippen LogP contribution in [0.4, 0.5) is 0 Å². The average Bonchev–Trinajstić information content (AvgIpc) is 2.52. The molecule has 2 rings (SSSR count). The van der Waals surface area contributed by atoms with E-state index in [1.54, 1.807) is 17.0 Å². The van der Waals surface area contributed by atoms with Gasteiger partial charge in [-0.25, -0.2) is 0 Å². The van der Waals surface area contributed by atoms with E-state index in [1.165, 1.54) is 0 Å². The Hall–Kier alpha value is -1.40. The second kappa shape index (κ2) is 7.56. The maximum Gasteiger partial charge on any atom is 0.254 e. The summed E-state index contributed by atoms with van der Waals surface area (Å²) < 4.78 is 6.20. The molecule has 1 aliphatic rings. The summed E-state index contributed by atoms with van der Waals surface area (Å²) in [5, 5.41) is 2.83. The topological polar surface area (TPSA) is 58.6 Å². The minimum Gasteiger partial charge on any atom is -0.377 e. The summed E-state index contributed by atoms with van der Waals surface area (Å²) in [6, 6.07) is 6.63. The molecule has 1 aromatic rings. The molecule has 21 heavy (non-hydrogen) atoms. The van der Waals surface area contributed by atoms with Gasteiger partial charge in [0, 0.05) is 23.1 Å². The van der Waals surface area contributed by atoms with Crippen LogP contribution in [0.2, 0.25) is 0 Å². The molecule has 1 N–H and O–H groups in total. The van der Waals surface area contributed by atoms with Gasteiger partial charge in [0.25, 0.3) is 5.91 Å². The van der Waals surface area contributed by atoms with Gasteiger partial charge >= 0.3 is 0 Å². The lowest BCUT2D eigenvalue weighted by Gasteiger charge is -2.34. The van der Waals surface area contributed by atoms with Crippen LogP contribution in [-0.4, -0.2) is 49.1 Å². The van der Waals surface area contributed by atoms with E-state index in [-0.39, 0.29) is 18.4 Å². The number of benzene rings is 1. The summed E-state index contributed by atoms with van der Waals surface area (Å²) in [4.78, 5) is 26.4. The largest absolute Gasteiger partial charge is 0.377 e. The number of carbonyl (C=O) groups is 2. The van der Waals surface area contributed by atoms with Gasteiger partial charge in [0.2, 0.25) is 5.91 Å². The Morgan fingerprint density at radius 2 is 2.29 bits per heavy atom. The van der Waals surface area contributed by atoms with E-state index in [9.17, 15) is 9.59 Å². The molecule has 0 aromatic heterocycles. The summed E-state index contributed by atoms with van der Waals surface area (Å²) in [6.45, 7) is 3.72. The maximum absolute atomic E-state index is 12.6. The Morgan fingerprint density at radius 1 is 1.48 bits per heavy atom. The highest BCUT2D eigenvalue weighted by atomic mass is 79.9. The lowest BCUT2D eigenvalue weighted by molar-refractivity contribution is -0.130. The summed E-state index contributed by atoms with van der Waals surface area (Å²) in [6.07, 6.45) is 0.860. The van der Waals surface area contributed by atoms with Gasteiger partial charge in [-0.15, -0.1) is 0 Å². The van der Waals surface area contributed by atoms with Crippen molar-refractivity contribution in [2.24, 2.45) is 0 Å². The van der Waals surface area contributed by atoms with E-state index < -0.39 is 6.04 Å². The zero-order valence-corrected chi connectivity index (χ0v) is 13.6. The predicted octanol–water partition coefficient (Wildman–Crippen LogP) is 1.82. The lowest BCUT2D eigenvalue weighted by atomic mass is 10.1. The van der Waals surface area contributed by atoms with Crippen molar-refractivity contribution in [1.82, 2.24) is 10.2 Å². The molecule has 6 heteroatoms. The first-order chi connectivity index (χ1) is 10.1. The van der Waals surface area contributed by atoms with Crippen LogP contribution in [0.3, 0.4) is 0 Å². The first kappa shape index (κ1) is 16.0. The van der Waals surface area contributed by atoms with Crippen LogP contribution in [0.25, 0.3) is 0 Å². The molecule has 1 aliphatic heterocycles. The summed E-state index contributed by atoms with van der Waals surface area (Å²) in [7, 11) is 0. The van der Waals surface area contributed by atoms with Gasteiger partial charge in [0.1, 0.15) is 6.04 Å². The highest BCUT2D eigenvalue weighted by Crippen LogP contribution is 2.16. The SMILES string of the molecule is CCCNC(=O)C1COCCN1C(=O)c1cccc(Br)c1. The Morgan fingerprint density at radius 3 is 3.00 bits per heavy atom. The van der Waals surface area contributed by atoms with Crippen LogP contribution in [0, 0.1) is 0 Å². The molecule has 1 atom stereocenters. The number of carbonyl (C=O) groups excluding carboxylic acids is 2. The van der Waals surface area contributed by atoms with Crippen LogP contribution in [-0.2, 0) is 9.53 Å². The fraction of sp³-hybridized carbons (Fsp3) is 0.467. The van der Waals surface area contributed by atoms with Crippen molar-refractivity contribution in [3.05, 3.63) is 34.3 Å². The predicted molar refractivity (Wildman–Crippen MR) is 83.1 cm³/mol. The van der Waals surface area contributed by atoms with Crippen LogP contribution in [0.15, 0.2) is 28.7 Å². The molecule has 0 saturated carbocycles. The lowest BCUT2D eigenvalue weighted by Crippen LogP contribution is -2.56. The minimum atomic E-state index is -0.559. The fourth-order valence-electron chi connectivity index (χ4n) is 2.22. The quantitative estimate of drug-likeness (QED) is 0.896. The molecule has 0 bridgehead atoms. The van der Waals surface area contributed by atoms with Crippen molar-refractivity contribution in [1.29, 1.82) is 0 Å². The molecule has 2 amide bonds. The molecule has 0 radical (unpaired) electrons. The van der Waals surface area contributed by atoms with Crippen LogP contribution < -0.4 is 5.32 Å². The molecule has 1 aromatic carbocycles. The second-order valence-corrected chi connectivity index (χ2v) is 5.81. The molecular formula is C15H19BrN2O3. The third kappa shape index (κ3) is 4.04. The van der Waals surface area contributed by atoms with Crippen LogP contribution in [0.1, 0.15) is 23.7 Å². The summed E-state index contributed by atoms with van der Waals surface area (Å²) in [5.74, 6) is -0.295. The van der Waals surface area contributed by atoms with Crippen molar-refractivity contribution in [3.63, 3.8) is 0 Å². The monoisotopic (exact) mass is 354 g/mol. The molecule has 1 heterocycles. The number of amides is 2. The highest BCUT2D eigenvalue weighted by Gasteiger charge is 2.33. The van der Waals surface area contributed by atoms with E-state index in [0.717, 1.165) is 10.9 Å². The third-order valence-electron chi connectivity index (χ3n) is 3.31.